The molecule has 1 saturated heterocycles. The van der Waals surface area contributed by atoms with Gasteiger partial charge in [0.05, 0.1) is 18.6 Å². The number of rotatable bonds is 9. The van der Waals surface area contributed by atoms with Crippen LogP contribution in [-0.2, 0) is 19.1 Å². The van der Waals surface area contributed by atoms with Crippen molar-refractivity contribution < 1.29 is 29.0 Å². The Kier molecular flexibility index (Phi) is 7.70. The summed E-state index contributed by atoms with van der Waals surface area (Å²) in [7, 11) is 0. The van der Waals surface area contributed by atoms with Crippen molar-refractivity contribution in [3.63, 3.8) is 0 Å². The zero-order valence-electron chi connectivity index (χ0n) is 20.0. The van der Waals surface area contributed by atoms with E-state index in [9.17, 15) is 14.4 Å². The summed E-state index contributed by atoms with van der Waals surface area (Å²) in [5.41, 5.74) is 4.53. The number of hydrogen-bond donors (Lipinski definition) is 3. The number of nitrogens with one attached hydrogen (secondary N) is 2. The van der Waals surface area contributed by atoms with Crippen molar-refractivity contribution in [2.75, 3.05) is 19.8 Å². The second-order valence-corrected chi connectivity index (χ2v) is 9.30. The Morgan fingerprint density at radius 2 is 1.71 bits per heavy atom. The van der Waals surface area contributed by atoms with Crippen LogP contribution in [0.1, 0.15) is 43.7 Å². The molecule has 35 heavy (non-hydrogen) atoms. The molecule has 2 aromatic rings. The largest absolute Gasteiger partial charge is 0.481 e. The van der Waals surface area contributed by atoms with Crippen LogP contribution in [0.5, 0.6) is 0 Å². The number of fused-ring (bicyclic) bond motifs is 3. The van der Waals surface area contributed by atoms with Crippen molar-refractivity contribution in [2.45, 2.75) is 44.8 Å². The highest BCUT2D eigenvalue weighted by atomic mass is 16.5. The molecule has 1 aliphatic carbocycles. The lowest BCUT2D eigenvalue weighted by Crippen LogP contribution is -2.51. The molecule has 0 spiro atoms. The molecule has 4 atom stereocenters. The van der Waals surface area contributed by atoms with Crippen molar-refractivity contribution in [2.24, 2.45) is 11.8 Å². The number of carbonyl (C=O) groups is 3. The third-order valence-corrected chi connectivity index (χ3v) is 7.05. The molecule has 0 radical (unpaired) electrons. The number of carboxylic acids is 1. The molecule has 2 aromatic carbocycles. The summed E-state index contributed by atoms with van der Waals surface area (Å²) >= 11 is 0. The molecule has 8 heteroatoms. The highest BCUT2D eigenvalue weighted by molar-refractivity contribution is 5.86. The Hall–Kier alpha value is -3.39. The molecule has 2 aliphatic rings. The fourth-order valence-corrected chi connectivity index (χ4v) is 4.81. The molecule has 4 rings (SSSR count). The molecule has 1 fully saturated rings. The number of hydrogen-bond acceptors (Lipinski definition) is 5. The third kappa shape index (κ3) is 5.48. The second-order valence-electron chi connectivity index (χ2n) is 9.30. The van der Waals surface area contributed by atoms with Crippen molar-refractivity contribution in [3.05, 3.63) is 59.7 Å². The van der Waals surface area contributed by atoms with Crippen LogP contribution in [-0.4, -0.2) is 55.0 Å². The van der Waals surface area contributed by atoms with Gasteiger partial charge in [0.2, 0.25) is 5.91 Å². The van der Waals surface area contributed by atoms with E-state index in [1.54, 1.807) is 0 Å². The van der Waals surface area contributed by atoms with Gasteiger partial charge >= 0.3 is 12.1 Å². The molecule has 0 saturated carbocycles. The minimum Gasteiger partial charge on any atom is -0.481 e. The average Bonchev–Trinajstić information content (AvgIpc) is 3.47. The molecule has 186 valence electrons. The maximum Gasteiger partial charge on any atom is 0.407 e. The van der Waals surface area contributed by atoms with Crippen LogP contribution in [0.3, 0.4) is 0 Å². The van der Waals surface area contributed by atoms with E-state index in [1.807, 2.05) is 38.1 Å². The minimum atomic E-state index is -0.895. The molecule has 0 unspecified atom stereocenters. The molecule has 1 heterocycles. The first kappa shape index (κ1) is 24.7. The van der Waals surface area contributed by atoms with Crippen molar-refractivity contribution in [3.8, 4) is 11.1 Å². The molecular weight excluding hydrogens is 448 g/mol. The van der Waals surface area contributed by atoms with E-state index in [1.165, 1.54) is 0 Å². The van der Waals surface area contributed by atoms with Gasteiger partial charge in [-0.15, -0.1) is 0 Å². The van der Waals surface area contributed by atoms with E-state index in [2.05, 4.69) is 34.9 Å². The fourth-order valence-electron chi connectivity index (χ4n) is 4.81. The van der Waals surface area contributed by atoms with Gasteiger partial charge in [-0.25, -0.2) is 4.79 Å². The van der Waals surface area contributed by atoms with E-state index in [0.717, 1.165) is 22.3 Å². The van der Waals surface area contributed by atoms with Gasteiger partial charge in [-0.2, -0.15) is 0 Å². The Morgan fingerprint density at radius 1 is 1.09 bits per heavy atom. The van der Waals surface area contributed by atoms with E-state index < -0.39 is 24.0 Å². The average molecular weight is 481 g/mol. The Labute approximate surface area is 205 Å². The number of benzene rings is 2. The zero-order valence-corrected chi connectivity index (χ0v) is 20.0. The maximum absolute atomic E-state index is 12.9. The highest BCUT2D eigenvalue weighted by Crippen LogP contribution is 2.44. The van der Waals surface area contributed by atoms with Crippen LogP contribution in [0.2, 0.25) is 0 Å². The molecular formula is C27H32N2O6. The smallest absolute Gasteiger partial charge is 0.407 e. The standard InChI is InChI=1S/C27H32N2O6/c1-3-16(2)24(25(30)28-13-18-12-17(14-34-18)26(31)32)29-27(33)35-15-23-21-10-6-4-8-19(21)20-9-5-7-11-22(20)23/h4-11,16-18,23-24H,3,12-15H2,1-2H3,(H,28,30)(H,29,33)(H,31,32)/t16-,17+,18+,24-/m0/s1. The van der Waals surface area contributed by atoms with E-state index in [4.69, 9.17) is 14.6 Å². The topological polar surface area (TPSA) is 114 Å². The lowest BCUT2D eigenvalue weighted by Gasteiger charge is -2.24. The van der Waals surface area contributed by atoms with Crippen LogP contribution in [0.4, 0.5) is 4.79 Å². The number of carbonyl (C=O) groups excluding carboxylic acids is 2. The number of amides is 2. The summed E-state index contributed by atoms with van der Waals surface area (Å²) in [5.74, 6) is -1.97. The normalized spacial score (nSPS) is 20.4. The maximum atomic E-state index is 12.9. The second kappa shape index (κ2) is 10.9. The van der Waals surface area contributed by atoms with Gasteiger partial charge < -0.3 is 25.2 Å². The number of alkyl carbamates (subject to hydrolysis) is 1. The van der Waals surface area contributed by atoms with Crippen LogP contribution in [0, 0.1) is 11.8 Å². The number of ether oxygens (including phenoxy) is 2. The van der Waals surface area contributed by atoms with E-state index in [-0.39, 0.29) is 43.6 Å². The number of carboxylic acid groups (broad SMARTS) is 1. The van der Waals surface area contributed by atoms with Gasteiger partial charge in [0.15, 0.2) is 0 Å². The molecule has 8 nitrogen and oxygen atoms in total. The van der Waals surface area contributed by atoms with Gasteiger partial charge in [-0.3, -0.25) is 9.59 Å². The summed E-state index contributed by atoms with van der Waals surface area (Å²) in [6.45, 7) is 4.34. The highest BCUT2D eigenvalue weighted by Gasteiger charge is 2.33. The molecule has 0 bridgehead atoms. The van der Waals surface area contributed by atoms with Gasteiger partial charge in [0.1, 0.15) is 12.6 Å². The SMILES string of the molecule is CC[C@H](C)[C@H](NC(=O)OCC1c2ccccc2-c2ccccc21)C(=O)NC[C@H]1C[C@@H](C(=O)O)CO1. The van der Waals surface area contributed by atoms with Crippen LogP contribution < -0.4 is 10.6 Å². The Bertz CT molecular complexity index is 1040. The van der Waals surface area contributed by atoms with E-state index in [0.29, 0.717) is 12.8 Å². The summed E-state index contributed by atoms with van der Waals surface area (Å²) in [6.07, 6.45) is 0.0362. The quantitative estimate of drug-likeness (QED) is 0.506. The van der Waals surface area contributed by atoms with E-state index >= 15 is 0 Å². The third-order valence-electron chi connectivity index (χ3n) is 7.05. The fraction of sp³-hybridized carbons (Fsp3) is 0.444. The van der Waals surface area contributed by atoms with Gasteiger partial charge in [-0.1, -0.05) is 68.8 Å². The first-order valence-corrected chi connectivity index (χ1v) is 12.1. The predicted octanol–water partition coefficient (Wildman–Crippen LogP) is 3.55. The lowest BCUT2D eigenvalue weighted by molar-refractivity contribution is -0.141. The zero-order chi connectivity index (χ0) is 24.9. The molecule has 1 aliphatic heterocycles. The summed E-state index contributed by atoms with van der Waals surface area (Å²) in [5, 5.41) is 14.6. The summed E-state index contributed by atoms with van der Waals surface area (Å²) in [4.78, 5) is 36.7. The summed E-state index contributed by atoms with van der Waals surface area (Å²) < 4.78 is 11.1. The first-order valence-electron chi connectivity index (χ1n) is 12.1. The lowest BCUT2D eigenvalue weighted by atomic mass is 9.98. The van der Waals surface area contributed by atoms with Crippen molar-refractivity contribution >= 4 is 18.0 Å². The Balaban J connectivity index is 1.34. The van der Waals surface area contributed by atoms with Gasteiger partial charge in [-0.05, 0) is 34.6 Å². The van der Waals surface area contributed by atoms with Crippen LogP contribution in [0.15, 0.2) is 48.5 Å². The monoisotopic (exact) mass is 480 g/mol. The minimum absolute atomic E-state index is 0.0641. The van der Waals surface area contributed by atoms with Gasteiger partial charge in [0.25, 0.3) is 0 Å². The molecule has 2 amide bonds. The summed E-state index contributed by atoms with van der Waals surface area (Å²) in [6, 6.07) is 15.4. The van der Waals surface area contributed by atoms with Crippen LogP contribution in [0.25, 0.3) is 11.1 Å². The first-order chi connectivity index (χ1) is 16.9. The molecule has 0 aromatic heterocycles. The van der Waals surface area contributed by atoms with Crippen LogP contribution >= 0.6 is 0 Å². The molecule has 3 N–H and O–H groups in total. The van der Waals surface area contributed by atoms with Gasteiger partial charge in [0, 0.05) is 12.5 Å². The van der Waals surface area contributed by atoms with Crippen molar-refractivity contribution in [1.29, 1.82) is 0 Å². The Morgan fingerprint density at radius 3 is 2.29 bits per heavy atom. The van der Waals surface area contributed by atoms with Crippen molar-refractivity contribution in [1.82, 2.24) is 10.6 Å². The number of aliphatic carboxylic acids is 1. The predicted molar refractivity (Wildman–Crippen MR) is 130 cm³/mol.